The Morgan fingerprint density at radius 1 is 1.38 bits per heavy atom. The number of ether oxygens (including phenoxy) is 1. The number of esters is 1. The lowest BCUT2D eigenvalue weighted by atomic mass is 10.3. The zero-order valence-electron chi connectivity index (χ0n) is 10.6. The fourth-order valence-corrected chi connectivity index (χ4v) is 4.43. The van der Waals surface area contributed by atoms with Crippen LogP contribution >= 0.6 is 0 Å². The maximum atomic E-state index is 11.3. The summed E-state index contributed by atoms with van der Waals surface area (Å²) < 4.78 is 16.3. The molecule has 0 aliphatic rings. The monoisotopic (exact) mass is 246 g/mol. The molecular formula is C11H22O4Si. The van der Waals surface area contributed by atoms with Gasteiger partial charge < -0.3 is 13.6 Å². The Bertz CT molecular complexity index is 218. The summed E-state index contributed by atoms with van der Waals surface area (Å²) in [5, 5.41) is 0. The Morgan fingerprint density at radius 3 is 2.25 bits per heavy atom. The van der Waals surface area contributed by atoms with Crippen molar-refractivity contribution in [3.63, 3.8) is 0 Å². The SMILES string of the molecule is C=CC(=O)OC(CCC)[Si](CC)(OC)OC. The molecule has 0 aromatic carbocycles. The molecular weight excluding hydrogens is 224 g/mol. The maximum Gasteiger partial charge on any atom is 0.379 e. The molecule has 0 saturated carbocycles. The normalized spacial score (nSPS) is 13.2. The molecule has 0 amide bonds. The van der Waals surface area contributed by atoms with Crippen LogP contribution in [0.3, 0.4) is 0 Å². The number of carbonyl (C=O) groups excluding carboxylic acids is 1. The second kappa shape index (κ2) is 7.59. The predicted molar refractivity (Wildman–Crippen MR) is 65.2 cm³/mol. The molecule has 5 heteroatoms. The molecule has 94 valence electrons. The van der Waals surface area contributed by atoms with Gasteiger partial charge in [0.05, 0.1) is 0 Å². The molecule has 0 saturated heterocycles. The first-order valence-electron chi connectivity index (χ1n) is 5.53. The lowest BCUT2D eigenvalue weighted by Gasteiger charge is -2.33. The standard InChI is InChI=1S/C11H22O4Si/c1-6-9-11(15-10(12)7-2)16(8-3,13-4)14-5/h7,11H,2,6,8-9H2,1,3-5H3. The average molecular weight is 246 g/mol. The smallest absolute Gasteiger partial charge is 0.379 e. The first-order chi connectivity index (χ1) is 7.60. The van der Waals surface area contributed by atoms with Crippen molar-refractivity contribution in [2.24, 2.45) is 0 Å². The van der Waals surface area contributed by atoms with E-state index in [0.717, 1.165) is 18.9 Å². The topological polar surface area (TPSA) is 44.8 Å². The highest BCUT2D eigenvalue weighted by atomic mass is 28.4. The molecule has 16 heavy (non-hydrogen) atoms. The molecule has 0 aromatic rings. The second-order valence-electron chi connectivity index (χ2n) is 3.49. The van der Waals surface area contributed by atoms with Gasteiger partial charge in [-0.15, -0.1) is 0 Å². The molecule has 0 N–H and O–H groups in total. The van der Waals surface area contributed by atoms with Gasteiger partial charge in [-0.25, -0.2) is 4.79 Å². The van der Waals surface area contributed by atoms with Crippen LogP contribution in [-0.4, -0.2) is 34.5 Å². The molecule has 1 unspecified atom stereocenters. The van der Waals surface area contributed by atoms with E-state index in [1.54, 1.807) is 14.2 Å². The van der Waals surface area contributed by atoms with Crippen LogP contribution in [0.25, 0.3) is 0 Å². The second-order valence-corrected chi connectivity index (χ2v) is 7.28. The Kier molecular flexibility index (Phi) is 7.28. The van der Waals surface area contributed by atoms with Gasteiger partial charge in [0.15, 0.2) is 0 Å². The van der Waals surface area contributed by atoms with Crippen molar-refractivity contribution in [1.82, 2.24) is 0 Å². The average Bonchev–Trinajstić information content (AvgIpc) is 2.32. The van der Waals surface area contributed by atoms with E-state index in [-0.39, 0.29) is 5.73 Å². The minimum atomic E-state index is -2.44. The van der Waals surface area contributed by atoms with E-state index in [0.29, 0.717) is 0 Å². The molecule has 0 radical (unpaired) electrons. The largest absolute Gasteiger partial charge is 0.457 e. The van der Waals surface area contributed by atoms with E-state index in [1.165, 1.54) is 6.08 Å². The van der Waals surface area contributed by atoms with Crippen molar-refractivity contribution in [3.8, 4) is 0 Å². The van der Waals surface area contributed by atoms with Gasteiger partial charge in [-0.3, -0.25) is 0 Å². The quantitative estimate of drug-likeness (QED) is 0.374. The number of hydrogen-bond acceptors (Lipinski definition) is 4. The van der Waals surface area contributed by atoms with Crippen molar-refractivity contribution in [1.29, 1.82) is 0 Å². The molecule has 0 aromatic heterocycles. The molecule has 0 heterocycles. The van der Waals surface area contributed by atoms with Crippen LogP contribution in [0.2, 0.25) is 6.04 Å². The summed E-state index contributed by atoms with van der Waals surface area (Å²) in [6.07, 6.45) is 2.83. The lowest BCUT2D eigenvalue weighted by molar-refractivity contribution is -0.141. The van der Waals surface area contributed by atoms with Crippen molar-refractivity contribution >= 4 is 14.5 Å². The first kappa shape index (κ1) is 15.3. The summed E-state index contributed by atoms with van der Waals surface area (Å²) in [7, 11) is 0.792. The van der Waals surface area contributed by atoms with Crippen LogP contribution in [0, 0.1) is 0 Å². The Morgan fingerprint density at radius 2 is 1.94 bits per heavy atom. The van der Waals surface area contributed by atoms with E-state index in [2.05, 4.69) is 6.58 Å². The molecule has 0 fully saturated rings. The summed E-state index contributed by atoms with van der Waals surface area (Å²) in [6.45, 7) is 7.42. The highest BCUT2D eigenvalue weighted by molar-refractivity contribution is 6.68. The third-order valence-electron chi connectivity index (χ3n) is 2.65. The zero-order chi connectivity index (χ0) is 12.6. The molecule has 0 spiro atoms. The van der Waals surface area contributed by atoms with Gasteiger partial charge in [-0.2, -0.15) is 0 Å². The Labute approximate surface area is 98.8 Å². The van der Waals surface area contributed by atoms with Gasteiger partial charge in [0.1, 0.15) is 5.73 Å². The van der Waals surface area contributed by atoms with Crippen LogP contribution in [-0.2, 0) is 18.4 Å². The predicted octanol–water partition coefficient (Wildman–Crippen LogP) is 2.18. The molecule has 1 atom stereocenters. The van der Waals surface area contributed by atoms with Crippen LogP contribution in [0.4, 0.5) is 0 Å². The molecule has 4 nitrogen and oxygen atoms in total. The maximum absolute atomic E-state index is 11.3. The minimum absolute atomic E-state index is 0.275. The Hall–Kier alpha value is -0.653. The number of rotatable bonds is 8. The van der Waals surface area contributed by atoms with E-state index >= 15 is 0 Å². The minimum Gasteiger partial charge on any atom is -0.457 e. The summed E-state index contributed by atoms with van der Waals surface area (Å²) in [5.74, 6) is -0.419. The van der Waals surface area contributed by atoms with Crippen LogP contribution in [0.15, 0.2) is 12.7 Å². The zero-order valence-corrected chi connectivity index (χ0v) is 11.6. The van der Waals surface area contributed by atoms with Crippen molar-refractivity contribution in [2.75, 3.05) is 14.2 Å². The fourth-order valence-electron chi connectivity index (χ4n) is 1.68. The summed E-state index contributed by atoms with van der Waals surface area (Å²) >= 11 is 0. The molecule has 0 rings (SSSR count). The first-order valence-corrected chi connectivity index (χ1v) is 7.63. The van der Waals surface area contributed by atoms with Gasteiger partial charge in [0, 0.05) is 20.3 Å². The van der Waals surface area contributed by atoms with Crippen molar-refractivity contribution < 1.29 is 18.4 Å². The van der Waals surface area contributed by atoms with Crippen LogP contribution in [0.5, 0.6) is 0 Å². The molecule has 0 aliphatic heterocycles. The third-order valence-corrected chi connectivity index (χ3v) is 6.41. The summed E-state index contributed by atoms with van der Waals surface area (Å²) in [4.78, 5) is 11.3. The van der Waals surface area contributed by atoms with Crippen molar-refractivity contribution in [2.45, 2.75) is 38.5 Å². The van der Waals surface area contributed by atoms with E-state index in [9.17, 15) is 4.79 Å². The number of carbonyl (C=O) groups is 1. The van der Waals surface area contributed by atoms with Gasteiger partial charge in [0.25, 0.3) is 0 Å². The fraction of sp³-hybridized carbons (Fsp3) is 0.727. The number of hydrogen-bond donors (Lipinski definition) is 0. The summed E-state index contributed by atoms with van der Waals surface area (Å²) in [5.41, 5.74) is -0.275. The van der Waals surface area contributed by atoms with Crippen molar-refractivity contribution in [3.05, 3.63) is 12.7 Å². The van der Waals surface area contributed by atoms with Gasteiger partial charge >= 0.3 is 14.5 Å². The van der Waals surface area contributed by atoms with Gasteiger partial charge in [-0.1, -0.05) is 26.8 Å². The lowest BCUT2D eigenvalue weighted by Crippen LogP contribution is -2.53. The van der Waals surface area contributed by atoms with E-state index in [4.69, 9.17) is 13.6 Å². The van der Waals surface area contributed by atoms with E-state index in [1.807, 2.05) is 13.8 Å². The van der Waals surface area contributed by atoms with Crippen LogP contribution < -0.4 is 0 Å². The highest BCUT2D eigenvalue weighted by Crippen LogP contribution is 2.23. The molecule has 0 aliphatic carbocycles. The van der Waals surface area contributed by atoms with Crippen LogP contribution in [0.1, 0.15) is 26.7 Å². The summed E-state index contributed by atoms with van der Waals surface area (Å²) in [6, 6.07) is 0.745. The molecule has 0 bridgehead atoms. The highest BCUT2D eigenvalue weighted by Gasteiger charge is 2.45. The van der Waals surface area contributed by atoms with E-state index < -0.39 is 14.5 Å². The Balaban J connectivity index is 4.82. The van der Waals surface area contributed by atoms with Gasteiger partial charge in [0.2, 0.25) is 0 Å². The van der Waals surface area contributed by atoms with Gasteiger partial charge in [-0.05, 0) is 12.5 Å². The third kappa shape index (κ3) is 3.73.